The minimum Gasteiger partial charge on any atom is -0.489 e. The number of carbonyl (C=O) groups is 1. The number of amides is 1. The first-order chi connectivity index (χ1) is 14.5. The van der Waals surface area contributed by atoms with E-state index in [2.05, 4.69) is 26.5 Å². The van der Waals surface area contributed by atoms with Gasteiger partial charge in [-0.25, -0.2) is 5.43 Å². The van der Waals surface area contributed by atoms with Crippen molar-refractivity contribution >= 4 is 39.7 Å². The molecule has 3 aromatic rings. The van der Waals surface area contributed by atoms with Gasteiger partial charge in [-0.05, 0) is 78.7 Å². The molecular weight excluding hydrogens is 468 g/mol. The van der Waals surface area contributed by atoms with Crippen LogP contribution in [0.2, 0.25) is 5.02 Å². The largest absolute Gasteiger partial charge is 0.489 e. The fraction of sp³-hybridized carbons (Fsp3) is 0.130. The predicted molar refractivity (Wildman–Crippen MR) is 122 cm³/mol. The SMILES string of the molecule is CC(Oc1ccc(Br)cc1)C(=O)N/N=C/c1ccc(OCc2ccc(Cl)cc2)cc1. The third kappa shape index (κ3) is 6.90. The van der Waals surface area contributed by atoms with Crippen molar-refractivity contribution in [3.05, 3.63) is 93.4 Å². The highest BCUT2D eigenvalue weighted by Gasteiger charge is 2.13. The summed E-state index contributed by atoms with van der Waals surface area (Å²) in [6.45, 7) is 2.12. The molecule has 5 nitrogen and oxygen atoms in total. The Kier molecular flexibility index (Phi) is 7.88. The van der Waals surface area contributed by atoms with Crippen molar-refractivity contribution in [1.82, 2.24) is 5.43 Å². The molecule has 0 saturated carbocycles. The molecule has 0 bridgehead atoms. The number of benzene rings is 3. The number of carbonyl (C=O) groups excluding carboxylic acids is 1. The minimum absolute atomic E-state index is 0.336. The second kappa shape index (κ2) is 10.8. The molecule has 0 fully saturated rings. The summed E-state index contributed by atoms with van der Waals surface area (Å²) in [6, 6.07) is 22.2. The molecule has 154 valence electrons. The van der Waals surface area contributed by atoms with Crippen molar-refractivity contribution in [2.24, 2.45) is 5.10 Å². The van der Waals surface area contributed by atoms with E-state index in [0.29, 0.717) is 17.4 Å². The summed E-state index contributed by atoms with van der Waals surface area (Å²) in [4.78, 5) is 12.1. The van der Waals surface area contributed by atoms with Gasteiger partial charge in [-0.15, -0.1) is 0 Å². The quantitative estimate of drug-likeness (QED) is 0.332. The Balaban J connectivity index is 1.45. The molecule has 1 unspecified atom stereocenters. The van der Waals surface area contributed by atoms with Crippen LogP contribution in [0.3, 0.4) is 0 Å². The van der Waals surface area contributed by atoms with Crippen molar-refractivity contribution in [2.45, 2.75) is 19.6 Å². The van der Waals surface area contributed by atoms with E-state index in [0.717, 1.165) is 21.3 Å². The van der Waals surface area contributed by atoms with Gasteiger partial charge in [0, 0.05) is 9.50 Å². The van der Waals surface area contributed by atoms with Crippen LogP contribution in [0.1, 0.15) is 18.1 Å². The topological polar surface area (TPSA) is 59.9 Å². The summed E-state index contributed by atoms with van der Waals surface area (Å²) >= 11 is 9.24. The van der Waals surface area contributed by atoms with Crippen LogP contribution in [-0.2, 0) is 11.4 Å². The highest BCUT2D eigenvalue weighted by Crippen LogP contribution is 2.17. The molecule has 0 aliphatic carbocycles. The maximum Gasteiger partial charge on any atom is 0.280 e. The molecule has 0 heterocycles. The minimum atomic E-state index is -0.674. The normalized spacial score (nSPS) is 11.8. The molecule has 0 radical (unpaired) electrons. The van der Waals surface area contributed by atoms with E-state index in [1.807, 2.05) is 60.7 Å². The van der Waals surface area contributed by atoms with Gasteiger partial charge in [0.15, 0.2) is 6.10 Å². The maximum atomic E-state index is 12.1. The molecule has 1 amide bonds. The van der Waals surface area contributed by atoms with Crippen LogP contribution in [-0.4, -0.2) is 18.2 Å². The Morgan fingerprint density at radius 2 is 1.67 bits per heavy atom. The number of hydrogen-bond acceptors (Lipinski definition) is 4. The summed E-state index contributed by atoms with van der Waals surface area (Å²) in [5.41, 5.74) is 4.35. The zero-order valence-corrected chi connectivity index (χ0v) is 18.6. The van der Waals surface area contributed by atoms with E-state index in [1.54, 1.807) is 25.3 Å². The molecule has 0 aliphatic rings. The van der Waals surface area contributed by atoms with E-state index in [9.17, 15) is 4.79 Å². The molecule has 1 atom stereocenters. The van der Waals surface area contributed by atoms with Crippen LogP contribution in [0.5, 0.6) is 11.5 Å². The van der Waals surface area contributed by atoms with Gasteiger partial charge in [-0.3, -0.25) is 4.79 Å². The lowest BCUT2D eigenvalue weighted by atomic mass is 10.2. The first kappa shape index (κ1) is 21.9. The second-order valence-electron chi connectivity index (χ2n) is 6.43. The average Bonchev–Trinajstić information content (AvgIpc) is 2.76. The number of rotatable bonds is 8. The Morgan fingerprint density at radius 1 is 1.03 bits per heavy atom. The number of nitrogens with one attached hydrogen (secondary N) is 1. The van der Waals surface area contributed by atoms with E-state index in [4.69, 9.17) is 21.1 Å². The number of hydrazone groups is 1. The van der Waals surface area contributed by atoms with E-state index >= 15 is 0 Å². The number of nitrogens with zero attached hydrogens (tertiary/aromatic N) is 1. The number of hydrogen-bond donors (Lipinski definition) is 1. The molecule has 7 heteroatoms. The second-order valence-corrected chi connectivity index (χ2v) is 7.78. The van der Waals surface area contributed by atoms with Gasteiger partial charge in [-0.1, -0.05) is 39.7 Å². The molecular formula is C23H20BrClN2O3. The molecule has 0 saturated heterocycles. The van der Waals surface area contributed by atoms with Crippen LogP contribution in [0.25, 0.3) is 0 Å². The lowest BCUT2D eigenvalue weighted by Crippen LogP contribution is -2.33. The van der Waals surface area contributed by atoms with Gasteiger partial charge in [0.2, 0.25) is 0 Å². The molecule has 0 aromatic heterocycles. The summed E-state index contributed by atoms with van der Waals surface area (Å²) in [5.74, 6) is 1.01. The highest BCUT2D eigenvalue weighted by molar-refractivity contribution is 9.10. The van der Waals surface area contributed by atoms with Crippen molar-refractivity contribution in [2.75, 3.05) is 0 Å². The van der Waals surface area contributed by atoms with Crippen LogP contribution in [0.4, 0.5) is 0 Å². The van der Waals surface area contributed by atoms with Gasteiger partial charge in [0.25, 0.3) is 5.91 Å². The van der Waals surface area contributed by atoms with E-state index in [-0.39, 0.29) is 5.91 Å². The monoisotopic (exact) mass is 486 g/mol. The Bertz CT molecular complexity index is 990. The zero-order chi connectivity index (χ0) is 21.3. The Hall–Kier alpha value is -2.83. The van der Waals surface area contributed by atoms with Crippen LogP contribution in [0, 0.1) is 0 Å². The van der Waals surface area contributed by atoms with Gasteiger partial charge < -0.3 is 9.47 Å². The Morgan fingerprint density at radius 3 is 2.33 bits per heavy atom. The average molecular weight is 488 g/mol. The third-order valence-electron chi connectivity index (χ3n) is 4.08. The third-order valence-corrected chi connectivity index (χ3v) is 4.86. The fourth-order valence-corrected chi connectivity index (χ4v) is 2.82. The van der Waals surface area contributed by atoms with Gasteiger partial charge in [0.1, 0.15) is 18.1 Å². The molecule has 3 aromatic carbocycles. The van der Waals surface area contributed by atoms with Crippen LogP contribution < -0.4 is 14.9 Å². The molecule has 0 aliphatic heterocycles. The van der Waals surface area contributed by atoms with E-state index < -0.39 is 6.10 Å². The van der Waals surface area contributed by atoms with Crippen molar-refractivity contribution in [1.29, 1.82) is 0 Å². The maximum absolute atomic E-state index is 12.1. The standard InChI is InChI=1S/C23H20BrClN2O3/c1-16(30-22-12-6-19(24)7-13-22)23(28)27-26-14-17-4-10-21(11-5-17)29-15-18-2-8-20(25)9-3-18/h2-14,16H,15H2,1H3,(H,27,28)/b26-14+. The summed E-state index contributed by atoms with van der Waals surface area (Å²) < 4.78 is 12.3. The Labute approximate surface area is 188 Å². The van der Waals surface area contributed by atoms with Crippen LogP contribution in [0.15, 0.2) is 82.4 Å². The predicted octanol–water partition coefficient (Wildman–Crippen LogP) is 5.60. The van der Waals surface area contributed by atoms with Crippen LogP contribution >= 0.6 is 27.5 Å². The molecule has 1 N–H and O–H groups in total. The first-order valence-electron chi connectivity index (χ1n) is 9.22. The van der Waals surface area contributed by atoms with E-state index in [1.165, 1.54) is 0 Å². The molecule has 30 heavy (non-hydrogen) atoms. The molecule has 0 spiro atoms. The number of halogens is 2. The van der Waals surface area contributed by atoms with Gasteiger partial charge in [0.05, 0.1) is 6.21 Å². The highest BCUT2D eigenvalue weighted by atomic mass is 79.9. The smallest absolute Gasteiger partial charge is 0.280 e. The van der Waals surface area contributed by atoms with Gasteiger partial charge in [-0.2, -0.15) is 5.10 Å². The lowest BCUT2D eigenvalue weighted by Gasteiger charge is -2.12. The molecule has 3 rings (SSSR count). The zero-order valence-electron chi connectivity index (χ0n) is 16.2. The van der Waals surface area contributed by atoms with Gasteiger partial charge >= 0.3 is 0 Å². The first-order valence-corrected chi connectivity index (χ1v) is 10.4. The summed E-state index contributed by atoms with van der Waals surface area (Å²) in [6.07, 6.45) is 0.889. The van der Waals surface area contributed by atoms with Crippen molar-refractivity contribution in [3.63, 3.8) is 0 Å². The fourth-order valence-electron chi connectivity index (χ4n) is 2.43. The number of ether oxygens (including phenoxy) is 2. The summed E-state index contributed by atoms with van der Waals surface area (Å²) in [5, 5.41) is 4.68. The van der Waals surface area contributed by atoms with Crippen molar-refractivity contribution < 1.29 is 14.3 Å². The van der Waals surface area contributed by atoms with Crippen molar-refractivity contribution in [3.8, 4) is 11.5 Å². The lowest BCUT2D eigenvalue weighted by molar-refractivity contribution is -0.127. The summed E-state index contributed by atoms with van der Waals surface area (Å²) in [7, 11) is 0.